The molecule has 2 aliphatic heterocycles. The van der Waals surface area contributed by atoms with Crippen molar-refractivity contribution in [3.8, 4) is 0 Å². The molecule has 0 radical (unpaired) electrons. The van der Waals surface area contributed by atoms with Gasteiger partial charge in [0.1, 0.15) is 11.8 Å². The van der Waals surface area contributed by atoms with Gasteiger partial charge in [-0.1, -0.05) is 36.4 Å². The van der Waals surface area contributed by atoms with Gasteiger partial charge in [-0.15, -0.1) is 0 Å². The molecule has 0 saturated carbocycles. The zero-order chi connectivity index (χ0) is 18.1. The standard InChI is InChI=1S/C18H16INO3/c1-2-23-17(21)14-12-16(20-11-7-6-10-15(14)20)18(19,22)13-8-4-3-5-9-13/h3-12,22H,2H2,1H3/p+1/i22D/hD. The predicted octanol–water partition coefficient (Wildman–Crippen LogP) is 1.95. The molecule has 23 heavy (non-hydrogen) atoms. The van der Waals surface area contributed by atoms with E-state index in [1.54, 1.807) is 37.4 Å². The van der Waals surface area contributed by atoms with Crippen LogP contribution in [0, 0.1) is 0 Å². The van der Waals surface area contributed by atoms with E-state index in [0.717, 1.165) is 0 Å². The first kappa shape index (κ1) is 13.7. The Hall–Kier alpha value is -1.70. The third kappa shape index (κ3) is 2.91. The van der Waals surface area contributed by atoms with E-state index >= 15 is 0 Å². The van der Waals surface area contributed by atoms with E-state index in [1.165, 1.54) is 0 Å². The SMILES string of the molecule is [2H]OC(I)(C1=CC(C(=O)OCC)=C2C=CC=C[N+]12[2H])c1ccccc1. The maximum atomic E-state index is 12.4. The maximum Gasteiger partial charge on any atom is 0.365 e. The molecule has 2 N–H and O–H groups in total. The van der Waals surface area contributed by atoms with Gasteiger partial charge >= 0.3 is 7.38 Å². The Labute approximate surface area is 151 Å². The molecule has 2 heterocycles. The number of benzene rings is 1. The molecule has 118 valence electrons. The Bertz CT molecular complexity index is 819. The first-order valence-electron chi connectivity index (χ1n) is 8.13. The minimum Gasteiger partial charge on any atom is -0.462 e. The Morgan fingerprint density at radius 3 is 2.91 bits per heavy atom. The van der Waals surface area contributed by atoms with Gasteiger partial charge in [0.15, 0.2) is 11.4 Å². The first-order valence-corrected chi connectivity index (χ1v) is 8.36. The largest absolute Gasteiger partial charge is 0.462 e. The molecule has 0 fully saturated rings. The van der Waals surface area contributed by atoms with Crippen LogP contribution < -0.4 is 4.89 Å². The molecular formula is C18H17INO3+. The number of nitrogens with one attached hydrogen (secondary N) is 1. The van der Waals surface area contributed by atoms with Crippen LogP contribution in [-0.4, -0.2) is 19.1 Å². The third-order valence-corrected chi connectivity index (χ3v) is 4.82. The van der Waals surface area contributed by atoms with Crippen molar-refractivity contribution in [2.24, 2.45) is 0 Å². The second-order valence-electron chi connectivity index (χ2n) is 5.08. The Morgan fingerprint density at radius 1 is 1.43 bits per heavy atom. The van der Waals surface area contributed by atoms with Crippen molar-refractivity contribution >= 4 is 28.6 Å². The molecule has 5 heteroatoms. The number of allylic oxidation sites excluding steroid dienone is 3. The quantitative estimate of drug-likeness (QED) is 0.432. The molecule has 0 spiro atoms. The highest BCUT2D eigenvalue weighted by Crippen LogP contribution is 2.36. The second kappa shape index (κ2) is 6.43. The first-order chi connectivity index (χ1) is 12.0. The van der Waals surface area contributed by atoms with E-state index < -0.39 is 14.5 Å². The van der Waals surface area contributed by atoms with E-state index in [2.05, 4.69) is 0 Å². The molecule has 1 aromatic rings. The molecule has 0 saturated heterocycles. The van der Waals surface area contributed by atoms with Crippen LogP contribution in [0.4, 0.5) is 0 Å². The molecule has 4 nitrogen and oxygen atoms in total. The van der Waals surface area contributed by atoms with Gasteiger partial charge in [-0.2, -0.15) is 0 Å². The predicted molar refractivity (Wildman–Crippen MR) is 95.3 cm³/mol. The number of ether oxygens (including phenoxy) is 1. The molecule has 2 atom stereocenters. The lowest BCUT2D eigenvalue weighted by Gasteiger charge is -2.26. The van der Waals surface area contributed by atoms with E-state index in [4.69, 9.17) is 12.7 Å². The summed E-state index contributed by atoms with van der Waals surface area (Å²) in [5.74, 6) is -0.487. The lowest BCUT2D eigenvalue weighted by atomic mass is 10.1. The molecule has 0 aliphatic carbocycles. The lowest BCUT2D eigenvalue weighted by molar-refractivity contribution is -0.761. The molecule has 2 unspecified atom stereocenters. The number of fused-ring (bicyclic) bond motifs is 1. The molecule has 1 aromatic carbocycles. The summed E-state index contributed by atoms with van der Waals surface area (Å²) in [6, 6.07) is 9.23. The van der Waals surface area contributed by atoms with Gasteiger partial charge in [-0.3, -0.25) is 0 Å². The van der Waals surface area contributed by atoms with E-state index in [9.17, 15) is 4.79 Å². The van der Waals surface area contributed by atoms with Crippen LogP contribution in [0.15, 0.2) is 77.8 Å². The summed E-state index contributed by atoms with van der Waals surface area (Å²) in [7, 11) is 0. The summed E-state index contributed by atoms with van der Waals surface area (Å²) in [6.45, 7) is 1.99. The number of carbonyl (C=O) groups excluding carboxylic acids is 1. The van der Waals surface area contributed by atoms with Crippen LogP contribution >= 0.6 is 22.6 Å². The van der Waals surface area contributed by atoms with Gasteiger partial charge in [0.25, 0.3) is 0 Å². The summed E-state index contributed by atoms with van der Waals surface area (Å²) < 4.78 is 20.6. The lowest BCUT2D eigenvalue weighted by Crippen LogP contribution is -3.04. The minimum absolute atomic E-state index is 0.249. The summed E-state index contributed by atoms with van der Waals surface area (Å²) >= 11 is 2.01. The van der Waals surface area contributed by atoms with E-state index in [1.807, 2.05) is 52.9 Å². The highest BCUT2D eigenvalue weighted by atomic mass is 127. The van der Waals surface area contributed by atoms with Crippen LogP contribution in [-0.2, 0) is 13.1 Å². The summed E-state index contributed by atoms with van der Waals surface area (Å²) in [5, 5.41) is 5.11. The number of hydrogen-bond donors (Lipinski definition) is 2. The average molecular weight is 424 g/mol. The number of quaternary nitrogens is 1. The van der Waals surface area contributed by atoms with Gasteiger partial charge in [0.2, 0.25) is 5.04 Å². The zero-order valence-electron chi connectivity index (χ0n) is 14.5. The smallest absolute Gasteiger partial charge is 0.365 e. The van der Waals surface area contributed by atoms with Crippen molar-refractivity contribution in [1.82, 2.24) is 0 Å². The van der Waals surface area contributed by atoms with Crippen molar-refractivity contribution in [1.29, 1.82) is 1.43 Å². The molecule has 0 bridgehead atoms. The summed E-state index contributed by atoms with van der Waals surface area (Å²) in [6.07, 6.45) is 8.48. The van der Waals surface area contributed by atoms with Gasteiger partial charge in [0, 0.05) is 17.7 Å². The summed E-state index contributed by atoms with van der Waals surface area (Å²) in [5.41, 5.74) is 1.94. The number of carbonyl (C=O) groups is 1. The number of halogens is 1. The van der Waals surface area contributed by atoms with Crippen molar-refractivity contribution in [2.75, 3.05) is 6.61 Å². The van der Waals surface area contributed by atoms with Crippen LogP contribution in [0.25, 0.3) is 0 Å². The molecule has 2 aliphatic rings. The maximum absolute atomic E-state index is 12.4. The number of hydrogen-bond acceptors (Lipinski definition) is 3. The molecular weight excluding hydrogens is 405 g/mol. The normalized spacial score (nSPS) is 26.1. The Kier molecular flexibility index (Phi) is 3.83. The molecule has 0 aromatic heterocycles. The second-order valence-corrected chi connectivity index (χ2v) is 6.60. The summed E-state index contributed by atoms with van der Waals surface area (Å²) in [4.78, 5) is 11.9. The van der Waals surface area contributed by atoms with Gasteiger partial charge in [-0.05, 0) is 35.6 Å². The van der Waals surface area contributed by atoms with Crippen molar-refractivity contribution in [3.63, 3.8) is 0 Å². The van der Waals surface area contributed by atoms with E-state index in [-0.39, 0.29) is 6.61 Å². The Balaban J connectivity index is 2.16. The average Bonchev–Trinajstić information content (AvgIpc) is 2.95. The van der Waals surface area contributed by atoms with Gasteiger partial charge in [-0.25, -0.2) is 9.69 Å². The van der Waals surface area contributed by atoms with Crippen molar-refractivity contribution < 1.29 is 20.9 Å². The van der Waals surface area contributed by atoms with Crippen LogP contribution in [0.5, 0.6) is 0 Å². The Morgan fingerprint density at radius 2 is 2.22 bits per heavy atom. The fourth-order valence-corrected chi connectivity index (χ4v) is 3.35. The number of alkyl halides is 1. The molecule has 3 rings (SSSR count). The fraction of sp³-hybridized carbons (Fsp3) is 0.167. The van der Waals surface area contributed by atoms with Crippen molar-refractivity contribution in [2.45, 2.75) is 10.5 Å². The minimum atomic E-state index is -1.23. The van der Waals surface area contributed by atoms with Crippen molar-refractivity contribution in [3.05, 3.63) is 83.4 Å². The van der Waals surface area contributed by atoms with Gasteiger partial charge < -0.3 is 9.85 Å². The third-order valence-electron chi connectivity index (χ3n) is 3.65. The van der Waals surface area contributed by atoms with E-state index in [0.29, 0.717) is 22.5 Å². The van der Waals surface area contributed by atoms with Crippen LogP contribution in [0.2, 0.25) is 1.41 Å². The number of rotatable bonds is 5. The van der Waals surface area contributed by atoms with Crippen LogP contribution in [0.3, 0.4) is 0 Å². The monoisotopic (exact) mass is 424 g/mol. The van der Waals surface area contributed by atoms with Crippen LogP contribution in [0.1, 0.15) is 12.5 Å². The van der Waals surface area contributed by atoms with Gasteiger partial charge in [0.05, 0.1) is 6.61 Å². The fourth-order valence-electron chi connectivity index (χ4n) is 2.57. The number of esters is 1. The zero-order valence-corrected chi connectivity index (χ0v) is 14.7. The number of aliphatic hydroxyl groups is 1. The highest BCUT2D eigenvalue weighted by Gasteiger charge is 2.45. The topological polar surface area (TPSA) is 51.0 Å². The molecule has 0 amide bonds. The highest BCUT2D eigenvalue weighted by molar-refractivity contribution is 14.1.